The van der Waals surface area contributed by atoms with Crippen LogP contribution in [0.2, 0.25) is 0 Å². The van der Waals surface area contributed by atoms with E-state index < -0.39 is 0 Å². The van der Waals surface area contributed by atoms with E-state index >= 15 is 0 Å². The average molecular weight is 1150 g/mol. The molecule has 16 heteroatoms. The van der Waals surface area contributed by atoms with Crippen molar-refractivity contribution in [2.24, 2.45) is 0 Å². The molecule has 4 aromatic carbocycles. The van der Waals surface area contributed by atoms with Crippen LogP contribution in [0.25, 0.3) is 42.0 Å². The first-order valence-electron chi connectivity index (χ1n) is 30.0. The minimum absolute atomic E-state index is 0.166. The first-order chi connectivity index (χ1) is 40.5. The van der Waals surface area contributed by atoms with Crippen molar-refractivity contribution in [1.82, 2.24) is 19.8 Å². The molecule has 0 aliphatic carbocycles. The molecule has 0 spiro atoms. The first kappa shape index (κ1) is 58.5. The van der Waals surface area contributed by atoms with Crippen LogP contribution in [0.1, 0.15) is 103 Å². The average Bonchev–Trinajstić information content (AvgIpc) is 4.25. The van der Waals surface area contributed by atoms with Gasteiger partial charge in [0, 0.05) is 132 Å². The lowest BCUT2D eigenvalue weighted by Crippen LogP contribution is -2.46. The van der Waals surface area contributed by atoms with E-state index in [0.29, 0.717) is 37.8 Å². The minimum Gasteiger partial charge on any atom is -0.494 e. The van der Waals surface area contributed by atoms with Crippen molar-refractivity contribution in [2.45, 2.75) is 103 Å². The second-order valence-corrected chi connectivity index (χ2v) is 23.5. The van der Waals surface area contributed by atoms with Crippen LogP contribution in [0.15, 0.2) is 120 Å². The van der Waals surface area contributed by atoms with Gasteiger partial charge in [0.05, 0.1) is 24.2 Å². The zero-order valence-corrected chi connectivity index (χ0v) is 49.2. The Labute approximate surface area is 491 Å². The zero-order chi connectivity index (χ0) is 56.0. The maximum Gasteiger partial charge on any atom is 0.308 e. The van der Waals surface area contributed by atoms with Crippen LogP contribution in [0.4, 0.5) is 11.4 Å². The van der Waals surface area contributed by atoms with Crippen LogP contribution in [0.3, 0.4) is 0 Å². The number of aromatic nitrogens is 2. The monoisotopic (exact) mass is 1150 g/mol. The van der Waals surface area contributed by atoms with Crippen molar-refractivity contribution >= 4 is 88.0 Å². The summed E-state index contributed by atoms with van der Waals surface area (Å²) < 4.78 is 37.1. The predicted molar refractivity (Wildman–Crippen MR) is 332 cm³/mol. The molecule has 2 saturated heterocycles. The number of carbonyl (C=O) groups excluding carboxylic acids is 2. The number of hydrogen-bond acceptors (Lipinski definition) is 16. The summed E-state index contributed by atoms with van der Waals surface area (Å²) in [7, 11) is 0. The summed E-state index contributed by atoms with van der Waals surface area (Å²) in [6, 6.07) is 37.1. The number of anilines is 2. The van der Waals surface area contributed by atoms with Gasteiger partial charge in [-0.2, -0.15) is 0 Å². The Bertz CT molecular complexity index is 3050. The number of pyridine rings is 2. The smallest absolute Gasteiger partial charge is 0.308 e. The van der Waals surface area contributed by atoms with Gasteiger partial charge in [0.2, 0.25) is 25.3 Å². The number of rotatable bonds is 33. The number of unbranched alkanes of at least 4 members (excludes halogenated alkanes) is 11. The Morgan fingerprint density at radius 3 is 1.28 bits per heavy atom. The molecule has 10 rings (SSSR count). The normalized spacial score (nSPS) is 14.2. The van der Waals surface area contributed by atoms with E-state index in [0.717, 1.165) is 176 Å². The fourth-order valence-electron chi connectivity index (χ4n) is 11.1. The van der Waals surface area contributed by atoms with Crippen LogP contribution >= 0.6 is 22.7 Å². The van der Waals surface area contributed by atoms with Crippen LogP contribution in [0.5, 0.6) is 23.3 Å². The van der Waals surface area contributed by atoms with Crippen molar-refractivity contribution in [1.29, 1.82) is 0 Å². The van der Waals surface area contributed by atoms with Crippen molar-refractivity contribution < 1.29 is 38.0 Å². The Kier molecular flexibility index (Phi) is 22.2. The number of esters is 2. The highest BCUT2D eigenvalue weighted by Gasteiger charge is 2.21. The fourth-order valence-corrected chi connectivity index (χ4v) is 12.7. The minimum atomic E-state index is -0.259. The van der Waals surface area contributed by atoms with Gasteiger partial charge in [-0.05, 0) is 135 Å². The van der Waals surface area contributed by atoms with E-state index in [1.165, 1.54) is 44.4 Å². The van der Waals surface area contributed by atoms with Crippen LogP contribution in [0, 0.1) is 0 Å². The quantitative estimate of drug-likeness (QED) is 0.0220. The highest BCUT2D eigenvalue weighted by atomic mass is 32.1. The maximum absolute atomic E-state index is 12.4. The Hall–Kier alpha value is -6.72. The third-order valence-corrected chi connectivity index (χ3v) is 17.6. The van der Waals surface area contributed by atoms with Gasteiger partial charge in [-0.15, -0.1) is 22.7 Å². The molecule has 82 heavy (non-hydrogen) atoms. The summed E-state index contributed by atoms with van der Waals surface area (Å²) in [5, 5.41) is 9.09. The summed E-state index contributed by atoms with van der Waals surface area (Å²) in [5.74, 6) is 1.87. The van der Waals surface area contributed by atoms with Crippen LogP contribution in [-0.4, -0.2) is 124 Å². The van der Waals surface area contributed by atoms with Crippen molar-refractivity contribution in [2.75, 3.05) is 102 Å². The molecular weight excluding hydrogens is 1070 g/mol. The van der Waals surface area contributed by atoms with Gasteiger partial charge in [0.1, 0.15) is 11.5 Å². The largest absolute Gasteiger partial charge is 0.494 e. The standard InChI is InChI=1S/C66H80N6O8S2/c73-65(79-49-77-63-29-25-51-23-27-53(47-57(51)67-63)75-43-13-11-33-69-35-39-71(40-36-69)59-17-15-19-61-55(59)31-45-81-61)21-9-7-5-3-1-2-4-6-8-10-22-66(74)80-50-78-64-30-26-52-24-28-54(48-58(52)68-64)76-44-14-12-34-70-37-41-72(42-38-70)60-18-16-20-62-56(60)32-46-82-62/h15-20,23-32,45-48H,1-14,21-22,33-44,49-50H2. The van der Waals surface area contributed by atoms with Gasteiger partial charge in [0.25, 0.3) is 0 Å². The lowest BCUT2D eigenvalue weighted by Gasteiger charge is -2.36. The molecule has 2 aliphatic heterocycles. The summed E-state index contributed by atoms with van der Waals surface area (Å²) in [6.07, 6.45) is 15.3. The third-order valence-electron chi connectivity index (χ3n) is 15.8. The second kappa shape index (κ2) is 31.1. The molecule has 0 unspecified atom stereocenters. The summed E-state index contributed by atoms with van der Waals surface area (Å²) in [5.41, 5.74) is 4.27. The van der Waals surface area contributed by atoms with Gasteiger partial charge >= 0.3 is 11.9 Å². The van der Waals surface area contributed by atoms with Gasteiger partial charge in [-0.3, -0.25) is 19.4 Å². The van der Waals surface area contributed by atoms with Gasteiger partial charge in [0.15, 0.2) is 0 Å². The number of ether oxygens (including phenoxy) is 6. The summed E-state index contributed by atoms with van der Waals surface area (Å²) >= 11 is 3.62. The molecule has 0 saturated carbocycles. The molecule has 434 valence electrons. The molecule has 0 N–H and O–H groups in total. The first-order valence-corrected chi connectivity index (χ1v) is 31.7. The zero-order valence-electron chi connectivity index (χ0n) is 47.5. The second-order valence-electron chi connectivity index (χ2n) is 21.6. The molecule has 6 heterocycles. The molecule has 0 bridgehead atoms. The number of fused-ring (bicyclic) bond motifs is 4. The molecular formula is C66H80N6O8S2. The van der Waals surface area contributed by atoms with E-state index in [9.17, 15) is 9.59 Å². The summed E-state index contributed by atoms with van der Waals surface area (Å²) in [4.78, 5) is 44.3. The van der Waals surface area contributed by atoms with Crippen LogP contribution < -0.4 is 28.7 Å². The molecule has 0 amide bonds. The van der Waals surface area contributed by atoms with Gasteiger partial charge < -0.3 is 38.2 Å². The molecule has 2 aliphatic rings. The molecule has 2 fully saturated rings. The number of hydrogen-bond donors (Lipinski definition) is 0. The topological polar surface area (TPSA) is 128 Å². The van der Waals surface area contributed by atoms with Crippen molar-refractivity contribution in [3.8, 4) is 23.3 Å². The van der Waals surface area contributed by atoms with E-state index in [-0.39, 0.29) is 25.5 Å². The van der Waals surface area contributed by atoms with E-state index in [1.807, 2.05) is 71.2 Å². The lowest BCUT2D eigenvalue weighted by atomic mass is 10.1. The van der Waals surface area contributed by atoms with E-state index in [2.05, 4.69) is 88.9 Å². The lowest BCUT2D eigenvalue weighted by molar-refractivity contribution is -0.151. The molecule has 8 aromatic rings. The number of carbonyl (C=O) groups is 2. The highest BCUT2D eigenvalue weighted by Crippen LogP contribution is 2.33. The van der Waals surface area contributed by atoms with Gasteiger partial charge in [-0.25, -0.2) is 9.97 Å². The predicted octanol–water partition coefficient (Wildman–Crippen LogP) is 14.3. The maximum atomic E-state index is 12.4. The van der Waals surface area contributed by atoms with E-state index in [4.69, 9.17) is 28.4 Å². The number of piperazine rings is 2. The Balaban J connectivity index is 0.495. The van der Waals surface area contributed by atoms with Crippen molar-refractivity contribution in [3.63, 3.8) is 0 Å². The summed E-state index contributed by atoms with van der Waals surface area (Å²) in [6.45, 7) is 11.7. The van der Waals surface area contributed by atoms with Crippen LogP contribution in [-0.2, 0) is 19.1 Å². The fraction of sp³-hybridized carbons (Fsp3) is 0.455. The highest BCUT2D eigenvalue weighted by molar-refractivity contribution is 7.17. The third kappa shape index (κ3) is 17.4. The van der Waals surface area contributed by atoms with E-state index in [1.54, 1.807) is 12.1 Å². The van der Waals surface area contributed by atoms with Crippen molar-refractivity contribution in [3.05, 3.63) is 120 Å². The van der Waals surface area contributed by atoms with Gasteiger partial charge in [-0.1, -0.05) is 63.5 Å². The SMILES string of the molecule is O=C(CCCCCCCCCCCCC(=O)OCOc1ccc2ccc(OCCCCN3CCN(c4cccc5sccc45)CC3)cc2n1)OCOc1ccc2ccc(OCCCCN3CCN(c4cccc5sccc45)CC3)cc2n1. The molecule has 14 nitrogen and oxygen atoms in total. The number of nitrogens with zero attached hydrogens (tertiary/aromatic N) is 6. The number of benzene rings is 4. The number of thiophene rings is 2. The Morgan fingerprint density at radius 1 is 0.427 bits per heavy atom. The molecule has 4 aromatic heterocycles. The Morgan fingerprint density at radius 2 is 0.841 bits per heavy atom. The molecule has 0 atom stereocenters. The molecule has 0 radical (unpaired) electrons.